The fourth-order valence-electron chi connectivity index (χ4n) is 1.14. The van der Waals surface area contributed by atoms with Crippen molar-refractivity contribution in [2.75, 3.05) is 0 Å². The average molecular weight is 283 g/mol. The standard InChI is InChI=1S/C8H7BrN6O/c9-5-3-13-15(4-5)8-6(7(10)14-16)11-1-2-12-8/h1-4,16H,(H2,10,14). The van der Waals surface area contributed by atoms with Crippen LogP contribution in [0, 0.1) is 0 Å². The molecule has 16 heavy (non-hydrogen) atoms. The van der Waals surface area contributed by atoms with Gasteiger partial charge in [-0.3, -0.25) is 0 Å². The van der Waals surface area contributed by atoms with Crippen molar-refractivity contribution in [3.8, 4) is 5.82 Å². The zero-order valence-electron chi connectivity index (χ0n) is 7.95. The third kappa shape index (κ3) is 1.87. The van der Waals surface area contributed by atoms with Gasteiger partial charge in [-0.2, -0.15) is 5.10 Å². The summed E-state index contributed by atoms with van der Waals surface area (Å²) in [6.45, 7) is 0. The summed E-state index contributed by atoms with van der Waals surface area (Å²) in [7, 11) is 0. The van der Waals surface area contributed by atoms with Crippen LogP contribution >= 0.6 is 15.9 Å². The number of nitrogens with zero attached hydrogens (tertiary/aromatic N) is 5. The molecule has 3 N–H and O–H groups in total. The van der Waals surface area contributed by atoms with Crippen LogP contribution in [-0.4, -0.2) is 30.8 Å². The second-order valence-corrected chi connectivity index (χ2v) is 3.73. The van der Waals surface area contributed by atoms with Gasteiger partial charge < -0.3 is 10.9 Å². The Morgan fingerprint density at radius 3 is 2.81 bits per heavy atom. The van der Waals surface area contributed by atoms with Gasteiger partial charge in [0, 0.05) is 18.6 Å². The number of rotatable bonds is 2. The van der Waals surface area contributed by atoms with Crippen molar-refractivity contribution in [3.05, 3.63) is 35.0 Å². The van der Waals surface area contributed by atoms with E-state index in [4.69, 9.17) is 10.9 Å². The molecule has 0 aliphatic heterocycles. The van der Waals surface area contributed by atoms with Gasteiger partial charge >= 0.3 is 0 Å². The van der Waals surface area contributed by atoms with Crippen LogP contribution in [0.4, 0.5) is 0 Å². The summed E-state index contributed by atoms with van der Waals surface area (Å²) in [5.41, 5.74) is 5.75. The Morgan fingerprint density at radius 1 is 1.44 bits per heavy atom. The molecule has 8 heteroatoms. The molecular weight excluding hydrogens is 276 g/mol. The molecule has 0 bridgehead atoms. The minimum Gasteiger partial charge on any atom is -0.409 e. The first-order chi connectivity index (χ1) is 7.72. The second-order valence-electron chi connectivity index (χ2n) is 2.82. The zero-order valence-corrected chi connectivity index (χ0v) is 9.53. The highest BCUT2D eigenvalue weighted by atomic mass is 79.9. The van der Waals surface area contributed by atoms with Crippen LogP contribution in [0.5, 0.6) is 0 Å². The van der Waals surface area contributed by atoms with Crippen LogP contribution in [0.3, 0.4) is 0 Å². The molecule has 0 aromatic carbocycles. The molecule has 7 nitrogen and oxygen atoms in total. The molecule has 0 aliphatic carbocycles. The maximum absolute atomic E-state index is 8.62. The zero-order chi connectivity index (χ0) is 11.5. The van der Waals surface area contributed by atoms with E-state index in [0.29, 0.717) is 5.82 Å². The minimum atomic E-state index is -0.116. The number of hydrogen-bond donors (Lipinski definition) is 2. The van der Waals surface area contributed by atoms with Crippen LogP contribution in [0.1, 0.15) is 5.69 Å². The van der Waals surface area contributed by atoms with Crippen LogP contribution in [0.25, 0.3) is 5.82 Å². The fourth-order valence-corrected chi connectivity index (χ4v) is 1.43. The van der Waals surface area contributed by atoms with Gasteiger partial charge in [0.05, 0.1) is 10.7 Å². The summed E-state index contributed by atoms with van der Waals surface area (Å²) >= 11 is 3.27. The Hall–Kier alpha value is -1.96. The fraction of sp³-hybridized carbons (Fsp3) is 0. The number of halogens is 1. The average Bonchev–Trinajstić information content (AvgIpc) is 2.75. The van der Waals surface area contributed by atoms with E-state index in [-0.39, 0.29) is 11.5 Å². The molecule has 0 atom stereocenters. The number of amidine groups is 1. The van der Waals surface area contributed by atoms with E-state index >= 15 is 0 Å². The van der Waals surface area contributed by atoms with Crippen molar-refractivity contribution in [1.29, 1.82) is 0 Å². The van der Waals surface area contributed by atoms with Gasteiger partial charge in [-0.15, -0.1) is 0 Å². The van der Waals surface area contributed by atoms with Gasteiger partial charge in [0.25, 0.3) is 0 Å². The van der Waals surface area contributed by atoms with Crippen molar-refractivity contribution in [2.24, 2.45) is 10.9 Å². The van der Waals surface area contributed by atoms with E-state index in [0.717, 1.165) is 4.47 Å². The maximum atomic E-state index is 8.62. The number of aromatic nitrogens is 4. The molecule has 2 heterocycles. The number of oxime groups is 1. The maximum Gasteiger partial charge on any atom is 0.192 e. The van der Waals surface area contributed by atoms with E-state index in [1.165, 1.54) is 17.1 Å². The Labute approximate surface area is 98.8 Å². The lowest BCUT2D eigenvalue weighted by Gasteiger charge is -2.04. The monoisotopic (exact) mass is 282 g/mol. The molecule has 0 amide bonds. The van der Waals surface area contributed by atoms with Gasteiger partial charge in [-0.1, -0.05) is 5.16 Å². The third-order valence-electron chi connectivity index (χ3n) is 1.80. The summed E-state index contributed by atoms with van der Waals surface area (Å²) in [5.74, 6) is 0.276. The van der Waals surface area contributed by atoms with E-state index in [2.05, 4.69) is 36.2 Å². The third-order valence-corrected chi connectivity index (χ3v) is 2.21. The molecule has 0 aliphatic rings. The molecule has 0 saturated carbocycles. The van der Waals surface area contributed by atoms with Crippen LogP contribution in [0.15, 0.2) is 34.4 Å². The molecule has 0 radical (unpaired) electrons. The number of hydrogen-bond acceptors (Lipinski definition) is 5. The second kappa shape index (κ2) is 4.27. The van der Waals surface area contributed by atoms with Gasteiger partial charge in [-0.25, -0.2) is 14.6 Å². The molecule has 2 aromatic rings. The van der Waals surface area contributed by atoms with E-state index < -0.39 is 0 Å². The Balaban J connectivity index is 2.57. The first-order valence-corrected chi connectivity index (χ1v) is 5.01. The molecule has 2 rings (SSSR count). The molecule has 0 saturated heterocycles. The predicted octanol–water partition coefficient (Wildman–Crippen LogP) is 0.519. The summed E-state index contributed by atoms with van der Waals surface area (Å²) < 4.78 is 2.27. The van der Waals surface area contributed by atoms with E-state index in [1.807, 2.05) is 0 Å². The highest BCUT2D eigenvalue weighted by Gasteiger charge is 2.12. The SMILES string of the molecule is NC(=NO)c1nccnc1-n1cc(Br)cn1. The predicted molar refractivity (Wildman–Crippen MR) is 59.4 cm³/mol. The van der Waals surface area contributed by atoms with Gasteiger partial charge in [0.1, 0.15) is 0 Å². The molecule has 0 fully saturated rings. The lowest BCUT2D eigenvalue weighted by molar-refractivity contribution is 0.318. The quantitative estimate of drug-likeness (QED) is 0.362. The highest BCUT2D eigenvalue weighted by molar-refractivity contribution is 9.10. The Kier molecular flexibility index (Phi) is 2.82. The van der Waals surface area contributed by atoms with Crippen LogP contribution in [-0.2, 0) is 0 Å². The first-order valence-electron chi connectivity index (χ1n) is 4.22. The Morgan fingerprint density at radius 2 is 2.19 bits per heavy atom. The molecule has 0 unspecified atom stereocenters. The van der Waals surface area contributed by atoms with Crippen LogP contribution in [0.2, 0.25) is 0 Å². The van der Waals surface area contributed by atoms with E-state index in [9.17, 15) is 0 Å². The van der Waals surface area contributed by atoms with Crippen molar-refractivity contribution in [1.82, 2.24) is 19.7 Å². The molecule has 2 aromatic heterocycles. The van der Waals surface area contributed by atoms with Gasteiger partial charge in [-0.05, 0) is 15.9 Å². The van der Waals surface area contributed by atoms with Crippen molar-refractivity contribution >= 4 is 21.8 Å². The first kappa shape index (κ1) is 10.6. The lowest BCUT2D eigenvalue weighted by Crippen LogP contribution is -2.19. The smallest absolute Gasteiger partial charge is 0.192 e. The van der Waals surface area contributed by atoms with Gasteiger partial charge in [0.15, 0.2) is 17.3 Å². The van der Waals surface area contributed by atoms with Crippen molar-refractivity contribution in [3.63, 3.8) is 0 Å². The van der Waals surface area contributed by atoms with Crippen molar-refractivity contribution in [2.45, 2.75) is 0 Å². The topological polar surface area (TPSA) is 102 Å². The van der Waals surface area contributed by atoms with Crippen molar-refractivity contribution < 1.29 is 5.21 Å². The minimum absolute atomic E-state index is 0.116. The summed E-state index contributed by atoms with van der Waals surface area (Å²) in [5, 5.41) is 15.6. The lowest BCUT2D eigenvalue weighted by atomic mass is 10.4. The summed E-state index contributed by atoms with van der Waals surface area (Å²) in [6, 6.07) is 0. The number of nitrogens with two attached hydrogens (primary N) is 1. The Bertz CT molecular complexity index is 537. The van der Waals surface area contributed by atoms with E-state index in [1.54, 1.807) is 12.4 Å². The highest BCUT2D eigenvalue weighted by Crippen LogP contribution is 2.12. The largest absolute Gasteiger partial charge is 0.409 e. The van der Waals surface area contributed by atoms with Crippen LogP contribution < -0.4 is 5.73 Å². The molecule has 0 spiro atoms. The molecular formula is C8H7BrN6O. The van der Waals surface area contributed by atoms with Gasteiger partial charge in [0.2, 0.25) is 0 Å². The normalized spacial score (nSPS) is 11.7. The summed E-state index contributed by atoms with van der Waals surface area (Å²) in [6.07, 6.45) is 6.25. The molecule has 82 valence electrons. The summed E-state index contributed by atoms with van der Waals surface area (Å²) in [4.78, 5) is 8.06.